The van der Waals surface area contributed by atoms with Crippen LogP contribution in [0.1, 0.15) is 32.3 Å². The van der Waals surface area contributed by atoms with E-state index in [1.54, 1.807) is 5.01 Å². The average Bonchev–Trinajstić information content (AvgIpc) is 2.75. The van der Waals surface area contributed by atoms with Crippen LogP contribution >= 0.6 is 11.8 Å². The third kappa shape index (κ3) is 3.14. The minimum atomic E-state index is -0.583. The fourth-order valence-corrected chi connectivity index (χ4v) is 4.51. The van der Waals surface area contributed by atoms with Crippen LogP contribution in [0, 0.1) is 5.92 Å². The fourth-order valence-electron chi connectivity index (χ4n) is 3.25. The van der Waals surface area contributed by atoms with Crippen molar-refractivity contribution in [3.63, 3.8) is 0 Å². The van der Waals surface area contributed by atoms with E-state index in [-0.39, 0.29) is 22.6 Å². The molecule has 1 aromatic rings. The molecule has 0 aromatic heterocycles. The summed E-state index contributed by atoms with van der Waals surface area (Å²) < 4.78 is 0.158. The number of nitrogens with zero attached hydrogens (tertiary/aromatic N) is 1. The van der Waals surface area contributed by atoms with E-state index in [1.165, 1.54) is 0 Å². The van der Waals surface area contributed by atoms with Gasteiger partial charge in [-0.25, -0.2) is 0 Å². The molecule has 0 spiro atoms. The molecule has 0 radical (unpaired) electrons. The Morgan fingerprint density at radius 1 is 1.27 bits per heavy atom. The van der Waals surface area contributed by atoms with E-state index in [4.69, 9.17) is 0 Å². The van der Waals surface area contributed by atoms with Crippen LogP contribution in [-0.2, 0) is 16.0 Å². The third-order valence-electron chi connectivity index (χ3n) is 4.40. The van der Waals surface area contributed by atoms with Crippen molar-refractivity contribution in [1.82, 2.24) is 10.4 Å². The van der Waals surface area contributed by atoms with Crippen LogP contribution in [0.25, 0.3) is 0 Å². The summed E-state index contributed by atoms with van der Waals surface area (Å²) in [5, 5.41) is 1.61. The summed E-state index contributed by atoms with van der Waals surface area (Å²) in [5.41, 5.74) is 3.84. The maximum Gasteiger partial charge on any atom is 0.254 e. The third-order valence-corrected chi connectivity index (χ3v) is 5.79. The number of thioether (sulfide) groups is 1. The second-order valence-corrected chi connectivity index (χ2v) is 8.48. The minimum Gasteiger partial charge on any atom is -0.272 e. The highest BCUT2D eigenvalue weighted by atomic mass is 32.2. The second-order valence-electron chi connectivity index (χ2n) is 6.68. The molecule has 5 heteroatoms. The number of hydrazine groups is 1. The average molecular weight is 318 g/mol. The molecule has 2 atom stereocenters. The van der Waals surface area contributed by atoms with Crippen LogP contribution in [0.3, 0.4) is 0 Å². The SMILES string of the molecule is CC1(C)C[C@H](N2NC(=O)[C@H](Cc3ccccc3)C2=O)CCS1. The Kier molecular flexibility index (Phi) is 4.17. The van der Waals surface area contributed by atoms with Crippen molar-refractivity contribution in [1.29, 1.82) is 0 Å². The van der Waals surface area contributed by atoms with Gasteiger partial charge in [-0.15, -0.1) is 0 Å². The van der Waals surface area contributed by atoms with Crippen molar-refractivity contribution in [2.45, 2.75) is 43.9 Å². The number of hydrogen-bond donors (Lipinski definition) is 1. The zero-order valence-electron chi connectivity index (χ0n) is 13.0. The largest absolute Gasteiger partial charge is 0.272 e. The molecule has 118 valence electrons. The van der Waals surface area contributed by atoms with Gasteiger partial charge in [0.15, 0.2) is 0 Å². The summed E-state index contributed by atoms with van der Waals surface area (Å²) in [4.78, 5) is 24.9. The Bertz CT molecular complexity index is 573. The first-order valence-corrected chi connectivity index (χ1v) is 8.76. The van der Waals surface area contributed by atoms with Gasteiger partial charge in [0.05, 0.1) is 6.04 Å². The van der Waals surface area contributed by atoms with Gasteiger partial charge < -0.3 is 0 Å². The van der Waals surface area contributed by atoms with Crippen LogP contribution in [0.4, 0.5) is 0 Å². The Labute approximate surface area is 135 Å². The summed E-state index contributed by atoms with van der Waals surface area (Å²) in [7, 11) is 0. The fraction of sp³-hybridized carbons (Fsp3) is 0.529. The number of amides is 2. The molecule has 2 fully saturated rings. The summed E-state index contributed by atoms with van der Waals surface area (Å²) in [6, 6.07) is 9.85. The van der Waals surface area contributed by atoms with Crippen molar-refractivity contribution in [2.24, 2.45) is 5.92 Å². The van der Waals surface area contributed by atoms with Gasteiger partial charge in [-0.1, -0.05) is 44.2 Å². The van der Waals surface area contributed by atoms with Gasteiger partial charge in [0, 0.05) is 4.75 Å². The predicted octanol–water partition coefficient (Wildman–Crippen LogP) is 2.39. The zero-order chi connectivity index (χ0) is 15.7. The minimum absolute atomic E-state index is 0.0680. The molecule has 2 aliphatic rings. The van der Waals surface area contributed by atoms with Gasteiger partial charge in [0.1, 0.15) is 5.92 Å². The molecule has 0 bridgehead atoms. The number of hydrogen-bond acceptors (Lipinski definition) is 3. The Morgan fingerprint density at radius 2 is 2.00 bits per heavy atom. The number of carbonyl (C=O) groups is 2. The standard InChI is InChI=1S/C17H22N2O2S/c1-17(2)11-13(8-9-22-17)19-16(21)14(15(20)18-19)10-12-6-4-3-5-7-12/h3-7,13-14H,8-11H2,1-2H3,(H,18,20)/t13-,14+/m1/s1. The summed E-state index contributed by atoms with van der Waals surface area (Å²) >= 11 is 1.94. The van der Waals surface area contributed by atoms with Crippen LogP contribution in [0.2, 0.25) is 0 Å². The van der Waals surface area contributed by atoms with Crippen molar-refractivity contribution in [3.8, 4) is 0 Å². The van der Waals surface area contributed by atoms with Crippen LogP contribution in [0.15, 0.2) is 30.3 Å². The number of rotatable bonds is 3. The van der Waals surface area contributed by atoms with Gasteiger partial charge >= 0.3 is 0 Å². The van der Waals surface area contributed by atoms with E-state index in [2.05, 4.69) is 19.3 Å². The summed E-state index contributed by atoms with van der Waals surface area (Å²) in [5.74, 6) is 0.215. The van der Waals surface area contributed by atoms with E-state index in [0.29, 0.717) is 6.42 Å². The lowest BCUT2D eigenvalue weighted by Crippen LogP contribution is -2.48. The molecule has 2 saturated heterocycles. The molecule has 2 amide bonds. The summed E-state index contributed by atoms with van der Waals surface area (Å²) in [6.07, 6.45) is 2.34. The van der Waals surface area contributed by atoms with Crippen molar-refractivity contribution < 1.29 is 9.59 Å². The molecule has 0 aliphatic carbocycles. The first kappa shape index (κ1) is 15.4. The lowest BCUT2D eigenvalue weighted by molar-refractivity contribution is -0.135. The molecular formula is C17H22N2O2S. The smallest absolute Gasteiger partial charge is 0.254 e. The molecule has 4 nitrogen and oxygen atoms in total. The van der Waals surface area contributed by atoms with E-state index < -0.39 is 5.92 Å². The van der Waals surface area contributed by atoms with Gasteiger partial charge in [-0.2, -0.15) is 11.8 Å². The monoisotopic (exact) mass is 318 g/mol. The maximum absolute atomic E-state index is 12.7. The topological polar surface area (TPSA) is 49.4 Å². The van der Waals surface area contributed by atoms with Crippen LogP contribution < -0.4 is 5.43 Å². The highest BCUT2D eigenvalue weighted by molar-refractivity contribution is 8.00. The van der Waals surface area contributed by atoms with Gasteiger partial charge in [-0.3, -0.25) is 20.0 Å². The van der Waals surface area contributed by atoms with Crippen LogP contribution in [-0.4, -0.2) is 33.4 Å². The highest BCUT2D eigenvalue weighted by Gasteiger charge is 2.44. The lowest BCUT2D eigenvalue weighted by Gasteiger charge is -2.38. The van der Waals surface area contributed by atoms with E-state index >= 15 is 0 Å². The maximum atomic E-state index is 12.7. The number of benzene rings is 1. The normalized spacial score (nSPS) is 27.8. The molecule has 2 heterocycles. The Balaban J connectivity index is 1.71. The molecule has 1 aromatic carbocycles. The second kappa shape index (κ2) is 5.95. The van der Waals surface area contributed by atoms with Crippen molar-refractivity contribution in [2.75, 3.05) is 5.75 Å². The molecule has 0 saturated carbocycles. The molecule has 22 heavy (non-hydrogen) atoms. The Hall–Kier alpha value is -1.49. The lowest BCUT2D eigenvalue weighted by atomic mass is 9.96. The van der Waals surface area contributed by atoms with Gasteiger partial charge in [-0.05, 0) is 30.6 Å². The summed E-state index contributed by atoms with van der Waals surface area (Å²) in [6.45, 7) is 4.40. The van der Waals surface area contributed by atoms with Crippen molar-refractivity contribution >= 4 is 23.6 Å². The first-order valence-electron chi connectivity index (χ1n) is 7.78. The first-order chi connectivity index (χ1) is 10.5. The molecule has 0 unspecified atom stereocenters. The Morgan fingerprint density at radius 3 is 2.68 bits per heavy atom. The number of carbonyl (C=O) groups excluding carboxylic acids is 2. The van der Waals surface area contributed by atoms with Crippen LogP contribution in [0.5, 0.6) is 0 Å². The quantitative estimate of drug-likeness (QED) is 0.871. The van der Waals surface area contributed by atoms with E-state index in [1.807, 2.05) is 42.1 Å². The molecule has 1 N–H and O–H groups in total. The molecule has 3 rings (SSSR count). The van der Waals surface area contributed by atoms with Gasteiger partial charge in [0.2, 0.25) is 0 Å². The van der Waals surface area contributed by atoms with Crippen molar-refractivity contribution in [3.05, 3.63) is 35.9 Å². The van der Waals surface area contributed by atoms with E-state index in [9.17, 15) is 9.59 Å². The number of nitrogens with one attached hydrogen (secondary N) is 1. The molecular weight excluding hydrogens is 296 g/mol. The van der Waals surface area contributed by atoms with Gasteiger partial charge in [0.25, 0.3) is 11.8 Å². The van der Waals surface area contributed by atoms with E-state index in [0.717, 1.165) is 24.2 Å². The highest BCUT2D eigenvalue weighted by Crippen LogP contribution is 2.38. The molecule has 2 aliphatic heterocycles. The predicted molar refractivity (Wildman–Crippen MR) is 88.2 cm³/mol. The zero-order valence-corrected chi connectivity index (χ0v) is 13.9.